The first-order valence-electron chi connectivity index (χ1n) is 9.63. The van der Waals surface area contributed by atoms with Crippen molar-refractivity contribution in [3.05, 3.63) is 54.1 Å². The van der Waals surface area contributed by atoms with Crippen LogP contribution in [0.4, 0.5) is 11.4 Å². The van der Waals surface area contributed by atoms with Gasteiger partial charge in [0.2, 0.25) is 15.9 Å². The van der Waals surface area contributed by atoms with Crippen molar-refractivity contribution in [2.24, 2.45) is 0 Å². The van der Waals surface area contributed by atoms with Crippen LogP contribution in [0.3, 0.4) is 0 Å². The van der Waals surface area contributed by atoms with E-state index in [1.54, 1.807) is 29.2 Å². The van der Waals surface area contributed by atoms with Gasteiger partial charge in [-0.1, -0.05) is 6.07 Å². The molecule has 0 radical (unpaired) electrons. The molecule has 1 saturated heterocycles. The van der Waals surface area contributed by atoms with Crippen LogP contribution in [0.1, 0.15) is 17.3 Å². The van der Waals surface area contributed by atoms with E-state index in [4.69, 9.17) is 0 Å². The van der Waals surface area contributed by atoms with Gasteiger partial charge in [-0.15, -0.1) is 0 Å². The number of hydrogen-bond acceptors (Lipinski definition) is 5. The zero-order valence-corrected chi connectivity index (χ0v) is 18.1. The van der Waals surface area contributed by atoms with Gasteiger partial charge < -0.3 is 15.1 Å². The minimum Gasteiger partial charge on any atom is -0.378 e. The van der Waals surface area contributed by atoms with Crippen LogP contribution in [-0.2, 0) is 14.8 Å². The fraction of sp³-hybridized carbons (Fsp3) is 0.333. The Morgan fingerprint density at radius 3 is 2.17 bits per heavy atom. The van der Waals surface area contributed by atoms with Crippen molar-refractivity contribution >= 4 is 33.2 Å². The number of carbonyl (C=O) groups excluding carboxylic acids is 2. The lowest BCUT2D eigenvalue weighted by Crippen LogP contribution is -2.49. The average Bonchev–Trinajstić information content (AvgIpc) is 2.74. The van der Waals surface area contributed by atoms with Gasteiger partial charge in [0.15, 0.2) is 0 Å². The standard InChI is InChI=1S/C21H26N4O4S/c1-16(26)24-11-13-25(14-12-24)30(28,29)20-6-4-5-17(15-20)21(27)22-18-7-9-19(10-8-18)23(2)3/h4-10,15H,11-14H2,1-3H3,(H,22,27). The number of piperazine rings is 1. The molecule has 0 bridgehead atoms. The third kappa shape index (κ3) is 4.80. The Kier molecular flexibility index (Phi) is 6.42. The van der Waals surface area contributed by atoms with E-state index in [1.807, 2.05) is 31.1 Å². The molecular formula is C21H26N4O4S. The largest absolute Gasteiger partial charge is 0.378 e. The summed E-state index contributed by atoms with van der Waals surface area (Å²) < 4.78 is 27.3. The van der Waals surface area contributed by atoms with Crippen LogP contribution in [0.2, 0.25) is 0 Å². The smallest absolute Gasteiger partial charge is 0.255 e. The second kappa shape index (κ2) is 8.85. The number of nitrogens with zero attached hydrogens (tertiary/aromatic N) is 3. The molecule has 1 aliphatic heterocycles. The van der Waals surface area contributed by atoms with E-state index < -0.39 is 10.0 Å². The number of sulfonamides is 1. The van der Waals surface area contributed by atoms with Gasteiger partial charge in [0.05, 0.1) is 4.90 Å². The summed E-state index contributed by atoms with van der Waals surface area (Å²) in [5.74, 6) is -0.449. The molecular weight excluding hydrogens is 404 g/mol. The van der Waals surface area contributed by atoms with Gasteiger partial charge in [0.25, 0.3) is 5.91 Å². The van der Waals surface area contributed by atoms with Crippen molar-refractivity contribution in [3.8, 4) is 0 Å². The van der Waals surface area contributed by atoms with E-state index in [1.165, 1.54) is 23.4 Å². The molecule has 1 aliphatic rings. The first-order valence-corrected chi connectivity index (χ1v) is 11.1. The summed E-state index contributed by atoms with van der Waals surface area (Å²) in [7, 11) is 0.115. The lowest BCUT2D eigenvalue weighted by Gasteiger charge is -2.33. The Bertz CT molecular complexity index is 1030. The summed E-state index contributed by atoms with van der Waals surface area (Å²) >= 11 is 0. The highest BCUT2D eigenvalue weighted by Crippen LogP contribution is 2.21. The Morgan fingerprint density at radius 2 is 1.60 bits per heavy atom. The normalized spacial score (nSPS) is 15.0. The Morgan fingerprint density at radius 1 is 0.967 bits per heavy atom. The molecule has 8 nitrogen and oxygen atoms in total. The minimum atomic E-state index is -3.75. The first-order chi connectivity index (χ1) is 14.2. The molecule has 3 rings (SSSR count). The van der Waals surface area contributed by atoms with Crippen LogP contribution in [-0.4, -0.2) is 69.7 Å². The van der Waals surface area contributed by atoms with Crippen molar-refractivity contribution in [3.63, 3.8) is 0 Å². The highest BCUT2D eigenvalue weighted by molar-refractivity contribution is 7.89. The Balaban J connectivity index is 1.73. The van der Waals surface area contributed by atoms with Gasteiger partial charge in [0.1, 0.15) is 0 Å². The maximum absolute atomic E-state index is 13.0. The van der Waals surface area contributed by atoms with Crippen molar-refractivity contribution in [2.75, 3.05) is 50.5 Å². The van der Waals surface area contributed by atoms with Crippen LogP contribution < -0.4 is 10.2 Å². The number of carbonyl (C=O) groups is 2. The number of hydrogen-bond donors (Lipinski definition) is 1. The minimum absolute atomic E-state index is 0.0642. The summed E-state index contributed by atoms with van der Waals surface area (Å²) in [6, 6.07) is 13.4. The third-order valence-corrected chi connectivity index (χ3v) is 6.95. The molecule has 2 aromatic carbocycles. The molecule has 1 heterocycles. The monoisotopic (exact) mass is 430 g/mol. The zero-order chi connectivity index (χ0) is 21.9. The van der Waals surface area contributed by atoms with Gasteiger partial charge in [0, 0.05) is 64.1 Å². The van der Waals surface area contributed by atoms with E-state index in [0.717, 1.165) is 5.69 Å². The predicted octanol–water partition coefficient (Wildman–Crippen LogP) is 1.86. The molecule has 2 amide bonds. The maximum atomic E-state index is 13.0. The Labute approximate surface area is 177 Å². The lowest BCUT2D eigenvalue weighted by atomic mass is 10.2. The van der Waals surface area contributed by atoms with E-state index in [-0.39, 0.29) is 35.4 Å². The van der Waals surface area contributed by atoms with Crippen LogP contribution in [0.25, 0.3) is 0 Å². The van der Waals surface area contributed by atoms with E-state index in [2.05, 4.69) is 5.32 Å². The highest BCUT2D eigenvalue weighted by atomic mass is 32.2. The number of benzene rings is 2. The van der Waals surface area contributed by atoms with Crippen molar-refractivity contribution in [2.45, 2.75) is 11.8 Å². The molecule has 0 saturated carbocycles. The quantitative estimate of drug-likeness (QED) is 0.782. The van der Waals surface area contributed by atoms with Gasteiger partial charge >= 0.3 is 0 Å². The number of rotatable bonds is 5. The summed E-state index contributed by atoms with van der Waals surface area (Å²) in [4.78, 5) is 27.7. The summed E-state index contributed by atoms with van der Waals surface area (Å²) in [6.07, 6.45) is 0. The molecule has 30 heavy (non-hydrogen) atoms. The molecule has 0 unspecified atom stereocenters. The molecule has 0 aliphatic carbocycles. The number of anilines is 2. The Hall–Kier alpha value is -2.91. The maximum Gasteiger partial charge on any atom is 0.255 e. The topological polar surface area (TPSA) is 90.0 Å². The van der Waals surface area contributed by atoms with Gasteiger partial charge in [-0.3, -0.25) is 9.59 Å². The predicted molar refractivity (Wildman–Crippen MR) is 116 cm³/mol. The molecule has 0 aromatic heterocycles. The van der Waals surface area contributed by atoms with Gasteiger partial charge in [-0.25, -0.2) is 8.42 Å². The molecule has 2 aromatic rings. The van der Waals surface area contributed by atoms with Crippen LogP contribution in [0.5, 0.6) is 0 Å². The van der Waals surface area contributed by atoms with Gasteiger partial charge in [-0.05, 0) is 42.5 Å². The second-order valence-electron chi connectivity index (χ2n) is 7.33. The summed E-state index contributed by atoms with van der Waals surface area (Å²) in [5.41, 5.74) is 1.89. The number of amides is 2. The molecule has 0 atom stereocenters. The number of nitrogens with one attached hydrogen (secondary N) is 1. The lowest BCUT2D eigenvalue weighted by molar-refractivity contribution is -0.129. The molecule has 9 heteroatoms. The second-order valence-corrected chi connectivity index (χ2v) is 9.27. The van der Waals surface area contributed by atoms with Crippen molar-refractivity contribution in [1.29, 1.82) is 0 Å². The van der Waals surface area contributed by atoms with Crippen molar-refractivity contribution in [1.82, 2.24) is 9.21 Å². The van der Waals surface area contributed by atoms with E-state index >= 15 is 0 Å². The molecule has 1 fully saturated rings. The average molecular weight is 431 g/mol. The van der Waals surface area contributed by atoms with Crippen LogP contribution in [0.15, 0.2) is 53.4 Å². The summed E-state index contributed by atoms with van der Waals surface area (Å²) in [6.45, 7) is 2.66. The molecule has 1 N–H and O–H groups in total. The molecule has 0 spiro atoms. The van der Waals surface area contributed by atoms with Crippen molar-refractivity contribution < 1.29 is 18.0 Å². The van der Waals surface area contributed by atoms with Gasteiger partial charge in [-0.2, -0.15) is 4.31 Å². The highest BCUT2D eigenvalue weighted by Gasteiger charge is 2.29. The van der Waals surface area contributed by atoms with E-state index in [0.29, 0.717) is 18.8 Å². The fourth-order valence-corrected chi connectivity index (χ4v) is 4.70. The molecule has 160 valence electrons. The third-order valence-electron chi connectivity index (χ3n) is 5.06. The zero-order valence-electron chi connectivity index (χ0n) is 17.3. The van der Waals surface area contributed by atoms with Crippen LogP contribution >= 0.6 is 0 Å². The fourth-order valence-electron chi connectivity index (χ4n) is 3.24. The van der Waals surface area contributed by atoms with E-state index in [9.17, 15) is 18.0 Å². The first kappa shape index (κ1) is 21.8. The SMILES string of the molecule is CC(=O)N1CCN(S(=O)(=O)c2cccc(C(=O)Nc3ccc(N(C)C)cc3)c2)CC1. The summed E-state index contributed by atoms with van der Waals surface area (Å²) in [5, 5.41) is 2.79. The van der Waals surface area contributed by atoms with Crippen LogP contribution in [0, 0.1) is 0 Å².